The topological polar surface area (TPSA) is 110 Å². The smallest absolute Gasteiger partial charge is 0.334 e. The van der Waals surface area contributed by atoms with Crippen LogP contribution in [0.5, 0.6) is 5.75 Å². The van der Waals surface area contributed by atoms with Gasteiger partial charge in [0.05, 0.1) is 39.2 Å². The summed E-state index contributed by atoms with van der Waals surface area (Å²) in [6, 6.07) is 7.30. The van der Waals surface area contributed by atoms with E-state index >= 15 is 0 Å². The number of rotatable bonds is 10. The van der Waals surface area contributed by atoms with E-state index in [-0.39, 0.29) is 28.9 Å². The number of likely N-dealkylation sites (N-methyl/N-ethyl adjacent to an activating group) is 2. The lowest BCUT2D eigenvalue weighted by atomic mass is 10.0. The lowest BCUT2D eigenvalue weighted by Crippen LogP contribution is -2.29. The highest BCUT2D eigenvalue weighted by atomic mass is 19.1. The molecule has 2 N–H and O–H groups in total. The van der Waals surface area contributed by atoms with Crippen LogP contribution in [0.2, 0.25) is 0 Å². The van der Waals surface area contributed by atoms with Crippen LogP contribution in [0.3, 0.4) is 0 Å². The zero-order valence-electron chi connectivity index (χ0n) is 26.1. The second-order valence-corrected chi connectivity index (χ2v) is 10.1. The zero-order valence-corrected chi connectivity index (χ0v) is 23.1. The van der Waals surface area contributed by atoms with Crippen LogP contribution in [0.25, 0.3) is 16.9 Å². The van der Waals surface area contributed by atoms with Gasteiger partial charge in [-0.25, -0.2) is 18.7 Å². The van der Waals surface area contributed by atoms with Gasteiger partial charge in [-0.15, -0.1) is 0 Å². The molecule has 4 aromatic rings. The fourth-order valence-corrected chi connectivity index (χ4v) is 4.96. The molecule has 1 aliphatic heterocycles. The maximum absolute atomic E-state index is 14.6. The van der Waals surface area contributed by atoms with Crippen molar-refractivity contribution < 1.29 is 18.0 Å². The highest BCUT2D eigenvalue weighted by Gasteiger charge is 2.23. The molecule has 0 unspecified atom stereocenters. The molecule has 3 heterocycles. The number of hydrogen-bond donors (Lipinski definition) is 2. The Kier molecular flexibility index (Phi) is 6.71. The summed E-state index contributed by atoms with van der Waals surface area (Å²) in [5, 5.41) is 5.74. The molecule has 11 nitrogen and oxygen atoms in total. The Labute approximate surface area is 241 Å². The van der Waals surface area contributed by atoms with Crippen LogP contribution in [-0.4, -0.2) is 71.2 Å². The van der Waals surface area contributed by atoms with Gasteiger partial charge in [0.2, 0.25) is 11.9 Å². The number of hydrogen-bond acceptors (Lipinski definition) is 8. The van der Waals surface area contributed by atoms with Crippen molar-refractivity contribution >= 4 is 40.0 Å². The normalized spacial score (nSPS) is 13.8. The molecule has 0 fully saturated rings. The van der Waals surface area contributed by atoms with Gasteiger partial charge in [-0.1, -0.05) is 6.58 Å². The maximum Gasteiger partial charge on any atom is 0.334 e. The summed E-state index contributed by atoms with van der Waals surface area (Å²) in [6.45, 7) is 5.26. The first-order valence-corrected chi connectivity index (χ1v) is 13.0. The van der Waals surface area contributed by atoms with Gasteiger partial charge in [-0.2, -0.15) is 4.98 Å². The summed E-state index contributed by atoms with van der Waals surface area (Å²) < 4.78 is 46.1. The molecule has 0 bridgehead atoms. The van der Waals surface area contributed by atoms with Crippen LogP contribution >= 0.6 is 0 Å². The number of ether oxygens (including phenoxy) is 1. The van der Waals surface area contributed by atoms with E-state index in [4.69, 9.17) is 8.85 Å². The minimum Gasteiger partial charge on any atom is -0.494 e. The fraction of sp³-hybridized carbons (Fsp3) is 0.310. The van der Waals surface area contributed by atoms with Gasteiger partial charge >= 0.3 is 5.69 Å². The van der Waals surface area contributed by atoms with E-state index in [2.05, 4.69) is 27.2 Å². The molecule has 0 saturated carbocycles. The van der Waals surface area contributed by atoms with Gasteiger partial charge in [-0.3, -0.25) is 9.36 Å². The van der Waals surface area contributed by atoms with E-state index in [1.54, 1.807) is 11.6 Å². The summed E-state index contributed by atoms with van der Waals surface area (Å²) in [4.78, 5) is 38.4. The molecular formula is C29H33FN8O3. The third-order valence-corrected chi connectivity index (χ3v) is 6.96. The van der Waals surface area contributed by atoms with Crippen molar-refractivity contribution in [3.63, 3.8) is 0 Å². The lowest BCUT2D eigenvalue weighted by molar-refractivity contribution is -0.111. The number of aromatic nitrogens is 4. The van der Waals surface area contributed by atoms with Gasteiger partial charge in [0.25, 0.3) is 0 Å². The van der Waals surface area contributed by atoms with Crippen LogP contribution in [0.4, 0.5) is 27.4 Å². The Morgan fingerprint density at radius 2 is 2.07 bits per heavy atom. The second-order valence-electron chi connectivity index (χ2n) is 10.1. The molecule has 0 spiro atoms. The van der Waals surface area contributed by atoms with Crippen molar-refractivity contribution in [1.82, 2.24) is 24.0 Å². The van der Waals surface area contributed by atoms with Crippen molar-refractivity contribution in [2.45, 2.75) is 19.4 Å². The first-order chi connectivity index (χ1) is 20.8. The quantitative estimate of drug-likeness (QED) is 0.282. The van der Waals surface area contributed by atoms with Crippen LogP contribution < -0.4 is 26.0 Å². The maximum atomic E-state index is 14.6. The number of carbonyl (C=O) groups is 1. The van der Waals surface area contributed by atoms with Crippen molar-refractivity contribution in [2.24, 2.45) is 0 Å². The van der Waals surface area contributed by atoms with E-state index in [0.29, 0.717) is 54.9 Å². The first kappa shape index (κ1) is 24.1. The number of imidazole rings is 1. The highest BCUT2D eigenvalue weighted by molar-refractivity contribution is 6.02. The van der Waals surface area contributed by atoms with E-state index in [1.165, 1.54) is 41.1 Å². The molecule has 214 valence electrons. The minimum atomic E-state index is -2.80. The highest BCUT2D eigenvalue weighted by Crippen LogP contribution is 2.38. The number of benzene rings is 2. The number of anilines is 4. The van der Waals surface area contributed by atoms with Crippen molar-refractivity contribution in [1.29, 1.82) is 0 Å². The van der Waals surface area contributed by atoms with Gasteiger partial charge in [-0.05, 0) is 50.7 Å². The molecule has 2 aromatic heterocycles. The number of nitrogens with one attached hydrogen (secondary N) is 2. The second kappa shape index (κ2) is 11.4. The van der Waals surface area contributed by atoms with Gasteiger partial charge in [0, 0.05) is 51.1 Å². The number of carbonyl (C=O) groups excluding carboxylic acids is 1. The van der Waals surface area contributed by atoms with Crippen LogP contribution in [0.15, 0.2) is 54.0 Å². The van der Waals surface area contributed by atoms with Crippen LogP contribution in [0.1, 0.15) is 16.1 Å². The summed E-state index contributed by atoms with van der Waals surface area (Å²) in [5.74, 6) is -0.779. The van der Waals surface area contributed by atoms with Crippen LogP contribution in [0, 0.1) is 5.82 Å². The Hall–Kier alpha value is -4.71. The largest absolute Gasteiger partial charge is 0.494 e. The standard InChI is InChI=1S/C29H33FN8O3/c1-6-26(39)32-20-16-21(24(41-5)17-22(20)36(4)13-12-35(2)3)33-28-31-10-9-25(34-28)38-23-15-19(30)14-18-8-7-11-37(27(18)23)29(38)40/h6,9-10,14-17H,1,7-8,11-13H2,2-5H3,(H,32,39)(H,31,33,34)/i5D3. The van der Waals surface area contributed by atoms with Crippen molar-refractivity contribution in [3.8, 4) is 11.6 Å². The number of nitrogens with zero attached hydrogens (tertiary/aromatic N) is 6. The van der Waals surface area contributed by atoms with Gasteiger partial charge < -0.3 is 25.2 Å². The first-order valence-electron chi connectivity index (χ1n) is 14.5. The monoisotopic (exact) mass is 563 g/mol. The SMILES string of the molecule is [2H]C([2H])([2H])Oc1cc(N(C)CCN(C)C)c(NC(=O)C=C)cc1Nc1nccc(-n2c(=O)n3c4c(cc(F)cc42)CCC3)n1. The fourth-order valence-electron chi connectivity index (χ4n) is 4.96. The van der Waals surface area contributed by atoms with E-state index in [9.17, 15) is 14.0 Å². The molecule has 0 atom stereocenters. The summed E-state index contributed by atoms with van der Waals surface area (Å²) in [5.41, 5.74) is 2.45. The lowest BCUT2D eigenvalue weighted by Gasteiger charge is -2.26. The van der Waals surface area contributed by atoms with E-state index < -0.39 is 18.8 Å². The zero-order chi connectivity index (χ0) is 31.8. The molecule has 1 aliphatic rings. The predicted molar refractivity (Wildman–Crippen MR) is 158 cm³/mol. The molecule has 5 rings (SSSR count). The third-order valence-electron chi connectivity index (χ3n) is 6.96. The van der Waals surface area contributed by atoms with E-state index in [0.717, 1.165) is 11.6 Å². The molecule has 1 amide bonds. The van der Waals surface area contributed by atoms with Crippen molar-refractivity contribution in [2.75, 3.05) is 56.8 Å². The van der Waals surface area contributed by atoms with Gasteiger partial charge in [0.15, 0.2) is 0 Å². The number of methoxy groups -OCH3 is 1. The Morgan fingerprint density at radius 1 is 1.24 bits per heavy atom. The summed E-state index contributed by atoms with van der Waals surface area (Å²) in [7, 11) is 2.86. The summed E-state index contributed by atoms with van der Waals surface area (Å²) >= 11 is 0. The van der Waals surface area contributed by atoms with Crippen molar-refractivity contribution in [3.05, 3.63) is 71.0 Å². The van der Waals surface area contributed by atoms with Crippen LogP contribution in [-0.2, 0) is 17.8 Å². The molecule has 12 heteroatoms. The number of aryl methyl sites for hydroxylation is 2. The molecule has 2 aromatic carbocycles. The molecule has 0 aliphatic carbocycles. The molecular weight excluding hydrogens is 527 g/mol. The minimum absolute atomic E-state index is 0.00639. The van der Waals surface area contributed by atoms with E-state index in [1.807, 2.05) is 23.9 Å². The van der Waals surface area contributed by atoms with Gasteiger partial charge in [0.1, 0.15) is 17.4 Å². The Morgan fingerprint density at radius 3 is 2.83 bits per heavy atom. The number of amides is 1. The molecule has 0 saturated heterocycles. The average Bonchev–Trinajstić information content (AvgIpc) is 3.24. The predicted octanol–water partition coefficient (Wildman–Crippen LogP) is 3.54. The number of halogens is 1. The Bertz CT molecular complexity index is 1800. The average molecular weight is 564 g/mol. The molecule has 41 heavy (non-hydrogen) atoms. The Balaban J connectivity index is 1.59. The summed E-state index contributed by atoms with van der Waals surface area (Å²) in [6.07, 6.45) is 3.92. The third kappa shape index (κ3) is 5.50. The molecule has 0 radical (unpaired) electrons.